The summed E-state index contributed by atoms with van der Waals surface area (Å²) in [5.41, 5.74) is 0. The van der Waals surface area contributed by atoms with Gasteiger partial charge >= 0.3 is 0 Å². The van der Waals surface area contributed by atoms with Crippen molar-refractivity contribution in [2.24, 2.45) is 15.0 Å². The zero-order chi connectivity index (χ0) is 17.5. The van der Waals surface area contributed by atoms with E-state index in [1.54, 1.807) is 18.2 Å². The van der Waals surface area contributed by atoms with Crippen LogP contribution in [0.2, 0.25) is 0 Å². The van der Waals surface area contributed by atoms with E-state index in [-0.39, 0.29) is 0 Å². The molecule has 0 aromatic rings. The topological polar surface area (TPSA) is 98.0 Å². The van der Waals surface area contributed by atoms with Crippen LogP contribution in [0, 0.1) is 0 Å². The average molecular weight is 336 g/mol. The Balaban J connectivity index is 2.45. The Bertz CT molecular complexity index is 418. The Morgan fingerprint density at radius 1 is 0.583 bits per heavy atom. The molecule has 1 heterocycles. The van der Waals surface area contributed by atoms with Gasteiger partial charge in [0, 0.05) is 19.6 Å². The highest BCUT2D eigenvalue weighted by molar-refractivity contribution is 5.33. The molecule has 0 N–H and O–H groups in total. The second-order valence-corrected chi connectivity index (χ2v) is 5.59. The molecule has 1 aliphatic heterocycles. The van der Waals surface area contributed by atoms with Crippen molar-refractivity contribution in [2.75, 3.05) is 59.3 Å². The third-order valence-electron chi connectivity index (χ3n) is 3.63. The quantitative estimate of drug-likeness (QED) is 0.282. The molecule has 24 heavy (non-hydrogen) atoms. The van der Waals surface area contributed by atoms with Gasteiger partial charge < -0.3 is 0 Å². The lowest BCUT2D eigenvalue weighted by atomic mass is 10.3. The molecule has 9 heteroatoms. The second kappa shape index (κ2) is 13.5. The first-order valence-electron chi connectivity index (χ1n) is 8.08. The van der Waals surface area contributed by atoms with Gasteiger partial charge in [-0.15, -0.1) is 0 Å². The molecule has 0 bridgehead atoms. The van der Waals surface area contributed by atoms with Gasteiger partial charge in [0.2, 0.25) is 18.2 Å². The van der Waals surface area contributed by atoms with Crippen molar-refractivity contribution >= 4 is 18.2 Å². The molecule has 1 rings (SSSR count). The molecular formula is C15H24N6O3. The smallest absolute Gasteiger partial charge is 0.234 e. The van der Waals surface area contributed by atoms with Crippen LogP contribution in [0.25, 0.3) is 0 Å². The van der Waals surface area contributed by atoms with Gasteiger partial charge in [-0.25, -0.2) is 29.4 Å². The van der Waals surface area contributed by atoms with E-state index in [0.717, 1.165) is 58.9 Å². The van der Waals surface area contributed by atoms with Crippen molar-refractivity contribution in [1.29, 1.82) is 0 Å². The van der Waals surface area contributed by atoms with Crippen LogP contribution in [0.4, 0.5) is 0 Å². The predicted octanol–water partition coefficient (Wildman–Crippen LogP) is -0.0438. The number of isocyanates is 3. The van der Waals surface area contributed by atoms with Gasteiger partial charge in [0.15, 0.2) is 0 Å². The van der Waals surface area contributed by atoms with E-state index >= 15 is 0 Å². The van der Waals surface area contributed by atoms with Crippen LogP contribution in [0.5, 0.6) is 0 Å². The van der Waals surface area contributed by atoms with Crippen LogP contribution in [0.15, 0.2) is 15.0 Å². The molecule has 0 amide bonds. The summed E-state index contributed by atoms with van der Waals surface area (Å²) in [7, 11) is 0. The minimum atomic E-state index is 0.488. The summed E-state index contributed by atoms with van der Waals surface area (Å²) in [6, 6.07) is 0. The molecule has 0 aliphatic carbocycles. The Morgan fingerprint density at radius 2 is 0.875 bits per heavy atom. The van der Waals surface area contributed by atoms with Gasteiger partial charge in [-0.05, 0) is 19.3 Å². The van der Waals surface area contributed by atoms with Crippen LogP contribution >= 0.6 is 0 Å². The maximum Gasteiger partial charge on any atom is 0.234 e. The highest BCUT2D eigenvalue weighted by Crippen LogP contribution is 2.09. The summed E-state index contributed by atoms with van der Waals surface area (Å²) < 4.78 is 0. The molecule has 0 aromatic heterocycles. The molecule has 1 aliphatic rings. The lowest BCUT2D eigenvalue weighted by Gasteiger charge is -2.42. The van der Waals surface area contributed by atoms with Gasteiger partial charge in [0.05, 0.1) is 39.6 Å². The monoisotopic (exact) mass is 336 g/mol. The lowest BCUT2D eigenvalue weighted by molar-refractivity contribution is -0.0296. The van der Waals surface area contributed by atoms with Gasteiger partial charge in [-0.1, -0.05) is 0 Å². The first-order valence-corrected chi connectivity index (χ1v) is 8.08. The number of nitrogens with zero attached hydrogens (tertiary/aromatic N) is 6. The van der Waals surface area contributed by atoms with E-state index in [2.05, 4.69) is 29.7 Å². The fourth-order valence-corrected chi connectivity index (χ4v) is 2.66. The van der Waals surface area contributed by atoms with Crippen molar-refractivity contribution in [1.82, 2.24) is 14.7 Å². The van der Waals surface area contributed by atoms with Crippen LogP contribution in [-0.4, -0.2) is 92.2 Å². The number of rotatable bonds is 12. The molecule has 1 fully saturated rings. The highest BCUT2D eigenvalue weighted by Gasteiger charge is 2.22. The molecule has 0 aromatic carbocycles. The standard InChI is InChI=1S/C15H24N6O3/c22-10-16-4-1-7-19-13-20(8-2-5-17-11-23)15-21(14-19)9-3-6-18-12-24/h1-9,13-15H2. The van der Waals surface area contributed by atoms with Crippen molar-refractivity contribution in [3.63, 3.8) is 0 Å². The number of hydrogen-bond donors (Lipinski definition) is 0. The molecular weight excluding hydrogens is 312 g/mol. The lowest BCUT2D eigenvalue weighted by Crippen LogP contribution is -2.55. The minimum absolute atomic E-state index is 0.488. The number of hydrogen-bond acceptors (Lipinski definition) is 9. The minimum Gasteiger partial charge on any atom is -0.277 e. The first kappa shape index (κ1) is 20.1. The third kappa shape index (κ3) is 9.22. The van der Waals surface area contributed by atoms with Gasteiger partial charge in [0.1, 0.15) is 0 Å². The second-order valence-electron chi connectivity index (χ2n) is 5.59. The van der Waals surface area contributed by atoms with E-state index < -0.39 is 0 Å². The molecule has 0 atom stereocenters. The number of carbonyl (C=O) groups excluding carboxylic acids is 3. The van der Waals surface area contributed by atoms with E-state index in [4.69, 9.17) is 0 Å². The average Bonchev–Trinajstić information content (AvgIpc) is 2.59. The van der Waals surface area contributed by atoms with Crippen molar-refractivity contribution in [3.8, 4) is 0 Å². The largest absolute Gasteiger partial charge is 0.277 e. The molecule has 0 unspecified atom stereocenters. The maximum atomic E-state index is 10.1. The number of aliphatic imine (C=N–C) groups is 3. The molecule has 0 spiro atoms. The van der Waals surface area contributed by atoms with E-state index in [1.165, 1.54) is 0 Å². The summed E-state index contributed by atoms with van der Waals surface area (Å²) in [4.78, 5) is 47.9. The summed E-state index contributed by atoms with van der Waals surface area (Å²) in [5.74, 6) is 0. The predicted molar refractivity (Wildman–Crippen MR) is 87.5 cm³/mol. The Morgan fingerprint density at radius 3 is 1.12 bits per heavy atom. The SMILES string of the molecule is O=C=NCCCN1CN(CCCN=C=O)CN(CCCN=C=O)C1. The third-order valence-corrected chi connectivity index (χ3v) is 3.63. The summed E-state index contributed by atoms with van der Waals surface area (Å²) in [6.07, 6.45) is 7.09. The molecule has 9 nitrogen and oxygen atoms in total. The highest BCUT2D eigenvalue weighted by atomic mass is 16.1. The zero-order valence-electron chi connectivity index (χ0n) is 13.9. The first-order chi connectivity index (χ1) is 11.8. The van der Waals surface area contributed by atoms with Gasteiger partial charge in [-0.3, -0.25) is 14.7 Å². The van der Waals surface area contributed by atoms with Gasteiger partial charge in [-0.2, -0.15) is 0 Å². The Labute approximate surface area is 141 Å². The Kier molecular flexibility index (Phi) is 11.3. The molecule has 132 valence electrons. The normalized spacial score (nSPS) is 16.0. The Hall–Kier alpha value is -1.98. The summed E-state index contributed by atoms with van der Waals surface area (Å²) in [5, 5.41) is 0. The van der Waals surface area contributed by atoms with Crippen molar-refractivity contribution in [2.45, 2.75) is 19.3 Å². The molecule has 1 saturated heterocycles. The fourth-order valence-electron chi connectivity index (χ4n) is 2.66. The van der Waals surface area contributed by atoms with E-state index in [0.29, 0.717) is 19.6 Å². The summed E-state index contributed by atoms with van der Waals surface area (Å²) >= 11 is 0. The zero-order valence-corrected chi connectivity index (χ0v) is 13.9. The van der Waals surface area contributed by atoms with Gasteiger partial charge in [0.25, 0.3) is 0 Å². The van der Waals surface area contributed by atoms with E-state index in [1.807, 2.05) is 0 Å². The summed E-state index contributed by atoms with van der Waals surface area (Å²) in [6.45, 7) is 6.49. The fraction of sp³-hybridized carbons (Fsp3) is 0.800. The van der Waals surface area contributed by atoms with Crippen molar-refractivity contribution in [3.05, 3.63) is 0 Å². The molecule has 0 radical (unpaired) electrons. The van der Waals surface area contributed by atoms with Crippen LogP contribution in [0.1, 0.15) is 19.3 Å². The molecule has 0 saturated carbocycles. The van der Waals surface area contributed by atoms with Crippen LogP contribution < -0.4 is 0 Å². The van der Waals surface area contributed by atoms with Crippen LogP contribution in [0.3, 0.4) is 0 Å². The maximum absolute atomic E-state index is 10.1. The van der Waals surface area contributed by atoms with E-state index in [9.17, 15) is 14.4 Å². The van der Waals surface area contributed by atoms with Crippen LogP contribution in [-0.2, 0) is 14.4 Å². The van der Waals surface area contributed by atoms with Crippen molar-refractivity contribution < 1.29 is 14.4 Å².